The summed E-state index contributed by atoms with van der Waals surface area (Å²) in [6, 6.07) is 19.8. The van der Waals surface area contributed by atoms with E-state index < -0.39 is 0 Å². The Kier molecular flexibility index (Phi) is 5.41. The lowest BCUT2D eigenvalue weighted by Crippen LogP contribution is -2.43. The van der Waals surface area contributed by atoms with Crippen LogP contribution in [0.25, 0.3) is 10.9 Å². The second-order valence-corrected chi connectivity index (χ2v) is 8.66. The normalized spacial score (nSPS) is 17.0. The first-order chi connectivity index (χ1) is 15.2. The van der Waals surface area contributed by atoms with Gasteiger partial charge in [0.15, 0.2) is 0 Å². The summed E-state index contributed by atoms with van der Waals surface area (Å²) in [7, 11) is 0. The van der Waals surface area contributed by atoms with Crippen LogP contribution in [-0.4, -0.2) is 34.8 Å². The van der Waals surface area contributed by atoms with Gasteiger partial charge in [0.05, 0.1) is 11.1 Å². The Balaban J connectivity index is 1.25. The molecular weight excluding hydrogens is 386 g/mol. The highest BCUT2D eigenvalue weighted by molar-refractivity contribution is 6.06. The number of hydrogen-bond donors (Lipinski definition) is 1. The number of carbonyl (C=O) groups excluding carboxylic acids is 2. The van der Waals surface area contributed by atoms with Crippen molar-refractivity contribution in [2.24, 2.45) is 5.92 Å². The van der Waals surface area contributed by atoms with Crippen LogP contribution in [0, 0.1) is 5.92 Å². The largest absolute Gasteiger partial charge is 0.352 e. The van der Waals surface area contributed by atoms with E-state index in [0.29, 0.717) is 38.4 Å². The summed E-state index contributed by atoms with van der Waals surface area (Å²) in [6.07, 6.45) is 3.71. The Bertz CT molecular complexity index is 1100. The number of pyridine rings is 1. The highest BCUT2D eigenvalue weighted by atomic mass is 16.2. The molecule has 2 fully saturated rings. The average Bonchev–Trinajstić information content (AvgIpc) is 3.68. The first-order valence-corrected chi connectivity index (χ1v) is 11.2. The molecule has 1 aliphatic heterocycles. The van der Waals surface area contributed by atoms with Crippen molar-refractivity contribution in [3.05, 3.63) is 77.5 Å². The topological polar surface area (TPSA) is 62.3 Å². The third-order valence-corrected chi connectivity index (χ3v) is 6.42. The zero-order valence-corrected chi connectivity index (χ0v) is 17.6. The molecule has 1 aliphatic carbocycles. The van der Waals surface area contributed by atoms with Crippen LogP contribution in [0.15, 0.2) is 60.7 Å². The zero-order valence-electron chi connectivity index (χ0n) is 17.6. The molecule has 0 atom stereocenters. The summed E-state index contributed by atoms with van der Waals surface area (Å²) in [4.78, 5) is 32.7. The number of piperidine rings is 1. The molecular formula is C26H27N3O2. The molecule has 0 radical (unpaired) electrons. The number of fused-ring (bicyclic) bond motifs is 1. The maximum atomic E-state index is 13.4. The molecule has 2 heterocycles. The minimum atomic E-state index is -0.0380. The predicted molar refractivity (Wildman–Crippen MR) is 121 cm³/mol. The van der Waals surface area contributed by atoms with Gasteiger partial charge in [-0.25, -0.2) is 0 Å². The lowest BCUT2D eigenvalue weighted by atomic mass is 9.94. The van der Waals surface area contributed by atoms with Crippen molar-refractivity contribution in [2.45, 2.75) is 38.1 Å². The van der Waals surface area contributed by atoms with Crippen LogP contribution in [0.2, 0.25) is 0 Å². The van der Waals surface area contributed by atoms with E-state index >= 15 is 0 Å². The Morgan fingerprint density at radius 3 is 2.39 bits per heavy atom. The van der Waals surface area contributed by atoms with E-state index in [-0.39, 0.29) is 17.7 Å². The average molecular weight is 414 g/mol. The van der Waals surface area contributed by atoms with E-state index in [1.165, 1.54) is 0 Å². The lowest BCUT2D eigenvalue weighted by Gasteiger charge is -2.31. The molecule has 2 aromatic carbocycles. The van der Waals surface area contributed by atoms with E-state index in [9.17, 15) is 9.59 Å². The summed E-state index contributed by atoms with van der Waals surface area (Å²) in [5.41, 5.74) is 3.78. The summed E-state index contributed by atoms with van der Waals surface area (Å²) >= 11 is 0. The SMILES string of the molecule is O=C(NCc1ccccc1)C1CCN(C(=O)c2cc(C3CC3)nc3ccccc23)CC1. The molecule has 158 valence electrons. The van der Waals surface area contributed by atoms with Crippen LogP contribution in [0.3, 0.4) is 0 Å². The summed E-state index contributed by atoms with van der Waals surface area (Å²) in [5.74, 6) is 0.601. The van der Waals surface area contributed by atoms with Gasteiger partial charge in [0.25, 0.3) is 5.91 Å². The molecule has 1 aromatic heterocycles. The molecule has 5 rings (SSSR count). The van der Waals surface area contributed by atoms with Gasteiger partial charge < -0.3 is 10.2 Å². The molecule has 0 bridgehead atoms. The van der Waals surface area contributed by atoms with Crippen LogP contribution in [0.4, 0.5) is 0 Å². The van der Waals surface area contributed by atoms with Gasteiger partial charge in [0, 0.05) is 42.6 Å². The van der Waals surface area contributed by atoms with Crippen molar-refractivity contribution in [1.29, 1.82) is 0 Å². The second kappa shape index (κ2) is 8.50. The number of para-hydroxylation sites is 1. The van der Waals surface area contributed by atoms with Gasteiger partial charge in [0.1, 0.15) is 0 Å². The molecule has 1 N–H and O–H groups in total. The fraction of sp³-hybridized carbons (Fsp3) is 0.346. The molecule has 1 saturated heterocycles. The van der Waals surface area contributed by atoms with Crippen molar-refractivity contribution in [3.63, 3.8) is 0 Å². The monoisotopic (exact) mass is 413 g/mol. The highest BCUT2D eigenvalue weighted by Crippen LogP contribution is 2.40. The first-order valence-electron chi connectivity index (χ1n) is 11.2. The standard InChI is InChI=1S/C26H27N3O2/c30-25(27-17-18-6-2-1-3-7-18)20-12-14-29(15-13-20)26(31)22-16-24(19-10-11-19)28-23-9-5-4-8-21(22)23/h1-9,16,19-20H,10-15,17H2,(H,27,30). The number of aromatic nitrogens is 1. The minimum absolute atomic E-state index is 0.0380. The van der Waals surface area contributed by atoms with Crippen LogP contribution >= 0.6 is 0 Å². The molecule has 2 aliphatic rings. The number of nitrogens with zero attached hydrogens (tertiary/aromatic N) is 2. The highest BCUT2D eigenvalue weighted by Gasteiger charge is 2.30. The fourth-order valence-corrected chi connectivity index (χ4v) is 4.41. The zero-order chi connectivity index (χ0) is 21.2. The summed E-state index contributed by atoms with van der Waals surface area (Å²) < 4.78 is 0. The number of likely N-dealkylation sites (tertiary alicyclic amines) is 1. The van der Waals surface area contributed by atoms with Crippen LogP contribution in [-0.2, 0) is 11.3 Å². The Morgan fingerprint density at radius 2 is 1.65 bits per heavy atom. The lowest BCUT2D eigenvalue weighted by molar-refractivity contribution is -0.126. The maximum absolute atomic E-state index is 13.4. The molecule has 0 spiro atoms. The Hall–Kier alpha value is -3.21. The van der Waals surface area contributed by atoms with Gasteiger partial charge in [-0.2, -0.15) is 0 Å². The van der Waals surface area contributed by atoms with Gasteiger partial charge in [-0.05, 0) is 43.4 Å². The molecule has 5 nitrogen and oxygen atoms in total. The van der Waals surface area contributed by atoms with Crippen molar-refractivity contribution >= 4 is 22.7 Å². The number of nitrogens with one attached hydrogen (secondary N) is 1. The molecule has 31 heavy (non-hydrogen) atoms. The van der Waals surface area contributed by atoms with E-state index in [1.807, 2.05) is 65.6 Å². The summed E-state index contributed by atoms with van der Waals surface area (Å²) in [6.45, 7) is 1.76. The smallest absolute Gasteiger partial charge is 0.254 e. The van der Waals surface area contributed by atoms with Crippen molar-refractivity contribution in [3.8, 4) is 0 Å². The van der Waals surface area contributed by atoms with Crippen molar-refractivity contribution < 1.29 is 9.59 Å². The van der Waals surface area contributed by atoms with E-state index in [4.69, 9.17) is 4.98 Å². The molecule has 1 saturated carbocycles. The van der Waals surface area contributed by atoms with Crippen LogP contribution < -0.4 is 5.32 Å². The molecule has 3 aromatic rings. The number of amides is 2. The summed E-state index contributed by atoms with van der Waals surface area (Å²) in [5, 5.41) is 3.96. The van der Waals surface area contributed by atoms with Crippen LogP contribution in [0.1, 0.15) is 53.2 Å². The number of carbonyl (C=O) groups is 2. The maximum Gasteiger partial charge on any atom is 0.254 e. The number of rotatable bonds is 5. The second-order valence-electron chi connectivity index (χ2n) is 8.66. The van der Waals surface area contributed by atoms with Crippen LogP contribution in [0.5, 0.6) is 0 Å². The van der Waals surface area contributed by atoms with Gasteiger partial charge in [-0.1, -0.05) is 48.5 Å². The Morgan fingerprint density at radius 1 is 0.935 bits per heavy atom. The first kappa shape index (κ1) is 19.7. The minimum Gasteiger partial charge on any atom is -0.352 e. The molecule has 0 unspecified atom stereocenters. The van der Waals surface area contributed by atoms with Gasteiger partial charge >= 0.3 is 0 Å². The van der Waals surface area contributed by atoms with E-state index in [2.05, 4.69) is 5.32 Å². The third-order valence-electron chi connectivity index (χ3n) is 6.42. The van der Waals surface area contributed by atoms with Crippen molar-refractivity contribution in [1.82, 2.24) is 15.2 Å². The van der Waals surface area contributed by atoms with Gasteiger partial charge in [0.2, 0.25) is 5.91 Å². The van der Waals surface area contributed by atoms with Gasteiger partial charge in [-0.3, -0.25) is 14.6 Å². The predicted octanol–water partition coefficient (Wildman–Crippen LogP) is 4.28. The van der Waals surface area contributed by atoms with E-state index in [1.54, 1.807) is 0 Å². The number of hydrogen-bond acceptors (Lipinski definition) is 3. The third kappa shape index (κ3) is 4.31. The van der Waals surface area contributed by atoms with Gasteiger partial charge in [-0.15, -0.1) is 0 Å². The quantitative estimate of drug-likeness (QED) is 0.679. The van der Waals surface area contributed by atoms with E-state index in [0.717, 1.165) is 40.6 Å². The molecule has 5 heteroatoms. The molecule has 2 amide bonds. The Labute approximate surface area is 182 Å². The fourth-order valence-electron chi connectivity index (χ4n) is 4.41. The number of benzene rings is 2. The van der Waals surface area contributed by atoms with Crippen molar-refractivity contribution in [2.75, 3.05) is 13.1 Å².